The van der Waals surface area contributed by atoms with Gasteiger partial charge in [-0.1, -0.05) is 42.5 Å². The van der Waals surface area contributed by atoms with Gasteiger partial charge in [-0.25, -0.2) is 0 Å². The van der Waals surface area contributed by atoms with Crippen molar-refractivity contribution in [2.45, 2.75) is 31.4 Å². The summed E-state index contributed by atoms with van der Waals surface area (Å²) in [6, 6.07) is 10.7. The molecule has 1 unspecified atom stereocenters. The van der Waals surface area contributed by atoms with Crippen molar-refractivity contribution in [2.75, 3.05) is 26.3 Å². The summed E-state index contributed by atoms with van der Waals surface area (Å²) in [7, 11) is 0. The van der Waals surface area contributed by atoms with Crippen LogP contribution in [0.15, 0.2) is 30.3 Å². The van der Waals surface area contributed by atoms with Crippen molar-refractivity contribution in [2.24, 2.45) is 5.73 Å². The van der Waals surface area contributed by atoms with Crippen LogP contribution in [-0.4, -0.2) is 47.4 Å². The Morgan fingerprint density at radius 2 is 2.00 bits per heavy atom. The molecule has 0 amide bonds. The summed E-state index contributed by atoms with van der Waals surface area (Å²) in [5, 5.41) is 8.82. The Bertz CT molecular complexity index is 433. The van der Waals surface area contributed by atoms with Crippen LogP contribution in [0, 0.1) is 0 Å². The third-order valence-corrected chi connectivity index (χ3v) is 4.11. The Labute approximate surface area is 131 Å². The van der Waals surface area contributed by atoms with Crippen molar-refractivity contribution in [3.63, 3.8) is 0 Å². The molecule has 0 bridgehead atoms. The minimum absolute atomic E-state index is 0.0916. The monoisotopic (exact) mass is 308 g/mol. The third kappa shape index (κ3) is 5.04. The van der Waals surface area contributed by atoms with Crippen LogP contribution in [0.4, 0.5) is 0 Å². The van der Waals surface area contributed by atoms with E-state index in [1.807, 2.05) is 6.07 Å². The topological polar surface area (TPSA) is 58.7 Å². The minimum atomic E-state index is 0.0916. The van der Waals surface area contributed by atoms with Crippen molar-refractivity contribution in [3.8, 4) is 0 Å². The number of hydrogen-bond donors (Lipinski definition) is 2. The van der Waals surface area contributed by atoms with Gasteiger partial charge in [0.1, 0.15) is 0 Å². The molecule has 1 heterocycles. The van der Waals surface area contributed by atoms with E-state index in [1.165, 1.54) is 5.56 Å². The Balaban J connectivity index is 1.97. The maximum atomic E-state index is 8.82. The summed E-state index contributed by atoms with van der Waals surface area (Å²) in [4.78, 5) is 3.00. The number of hydrogen-bond acceptors (Lipinski definition) is 4. The van der Waals surface area contributed by atoms with Gasteiger partial charge in [0.15, 0.2) is 0 Å². The number of piperidine rings is 1. The molecule has 21 heavy (non-hydrogen) atoms. The molecule has 0 aliphatic carbocycles. The average molecular weight is 308 g/mol. The molecule has 0 aromatic heterocycles. The van der Waals surface area contributed by atoms with Crippen molar-refractivity contribution in [3.05, 3.63) is 35.9 Å². The smallest absolute Gasteiger partial charge is 0.0746 e. The first-order chi connectivity index (χ1) is 10.2. The molecule has 0 saturated carbocycles. The first kappa shape index (κ1) is 16.4. The van der Waals surface area contributed by atoms with Gasteiger partial charge in [-0.2, -0.15) is 0 Å². The lowest BCUT2D eigenvalue weighted by Crippen LogP contribution is -2.40. The zero-order valence-electron chi connectivity index (χ0n) is 12.3. The standard InChI is InChI=1S/C16H24N2O2S/c17-16(21)12-15(13-4-2-1-3-5-13)18-8-6-14(7-9-18)20-11-10-19/h1-5,14-15,19H,6-12H2,(H2,17,21). The highest BCUT2D eigenvalue weighted by Crippen LogP contribution is 2.28. The van der Waals surface area contributed by atoms with Gasteiger partial charge < -0.3 is 15.6 Å². The lowest BCUT2D eigenvalue weighted by molar-refractivity contribution is -0.0150. The van der Waals surface area contributed by atoms with Crippen LogP contribution < -0.4 is 5.73 Å². The molecule has 1 aromatic carbocycles. The molecule has 1 aliphatic rings. The van der Waals surface area contributed by atoms with Gasteiger partial charge in [0.05, 0.1) is 24.3 Å². The fourth-order valence-corrected chi connectivity index (χ4v) is 3.05. The van der Waals surface area contributed by atoms with E-state index in [1.54, 1.807) is 0 Å². The predicted octanol–water partition coefficient (Wildman–Crippen LogP) is 1.88. The SMILES string of the molecule is NC(=S)CC(c1ccccc1)N1CCC(OCCO)CC1. The first-order valence-corrected chi connectivity index (χ1v) is 7.91. The molecule has 4 nitrogen and oxygen atoms in total. The number of rotatable bonds is 7. The zero-order valence-corrected chi connectivity index (χ0v) is 13.1. The lowest BCUT2D eigenvalue weighted by atomic mass is 9.98. The quantitative estimate of drug-likeness (QED) is 0.753. The van der Waals surface area contributed by atoms with Crippen LogP contribution in [0.2, 0.25) is 0 Å². The van der Waals surface area contributed by atoms with Crippen LogP contribution >= 0.6 is 12.2 Å². The number of aliphatic hydroxyl groups is 1. The van der Waals surface area contributed by atoms with Gasteiger partial charge >= 0.3 is 0 Å². The van der Waals surface area contributed by atoms with Gasteiger partial charge in [-0.3, -0.25) is 4.90 Å². The third-order valence-electron chi connectivity index (χ3n) is 3.94. The maximum Gasteiger partial charge on any atom is 0.0746 e. The summed E-state index contributed by atoms with van der Waals surface area (Å²) >= 11 is 5.12. The molecular weight excluding hydrogens is 284 g/mol. The summed E-state index contributed by atoms with van der Waals surface area (Å²) in [5.41, 5.74) is 7.05. The van der Waals surface area contributed by atoms with E-state index in [9.17, 15) is 0 Å². The molecule has 3 N–H and O–H groups in total. The zero-order chi connectivity index (χ0) is 15.1. The van der Waals surface area contributed by atoms with Gasteiger partial charge in [0.25, 0.3) is 0 Å². The molecule has 1 atom stereocenters. The van der Waals surface area contributed by atoms with Crippen LogP contribution in [0.1, 0.15) is 30.9 Å². The van der Waals surface area contributed by atoms with Crippen molar-refractivity contribution < 1.29 is 9.84 Å². The Kier molecular flexibility index (Phi) is 6.57. The second-order valence-electron chi connectivity index (χ2n) is 5.43. The number of thiocarbonyl (C=S) groups is 1. The largest absolute Gasteiger partial charge is 0.394 e. The van der Waals surface area contributed by atoms with E-state index in [2.05, 4.69) is 29.2 Å². The number of nitrogens with two attached hydrogens (primary N) is 1. The Hall–Kier alpha value is -1.01. The number of ether oxygens (including phenoxy) is 1. The van der Waals surface area contributed by atoms with E-state index < -0.39 is 0 Å². The van der Waals surface area contributed by atoms with Gasteiger partial charge in [-0.05, 0) is 18.4 Å². The minimum Gasteiger partial charge on any atom is -0.394 e. The number of likely N-dealkylation sites (tertiary alicyclic amines) is 1. The molecule has 0 radical (unpaired) electrons. The number of nitrogens with zero attached hydrogens (tertiary/aromatic N) is 1. The molecule has 2 rings (SSSR count). The number of aliphatic hydroxyl groups excluding tert-OH is 1. The van der Waals surface area contributed by atoms with Crippen LogP contribution in [-0.2, 0) is 4.74 Å². The summed E-state index contributed by atoms with van der Waals surface area (Å²) in [6.07, 6.45) is 2.94. The predicted molar refractivity (Wildman–Crippen MR) is 88.2 cm³/mol. The summed E-state index contributed by atoms with van der Waals surface area (Å²) in [5.74, 6) is 0. The van der Waals surface area contributed by atoms with E-state index >= 15 is 0 Å². The van der Waals surface area contributed by atoms with Crippen molar-refractivity contribution >= 4 is 17.2 Å². The molecule has 5 heteroatoms. The molecule has 1 fully saturated rings. The van der Waals surface area contributed by atoms with Gasteiger partial charge in [0, 0.05) is 25.6 Å². The highest BCUT2D eigenvalue weighted by molar-refractivity contribution is 7.80. The normalized spacial score (nSPS) is 18.5. The van der Waals surface area contributed by atoms with Crippen LogP contribution in [0.5, 0.6) is 0 Å². The molecule has 116 valence electrons. The average Bonchev–Trinajstić information content (AvgIpc) is 2.52. The molecule has 0 spiro atoms. The Morgan fingerprint density at radius 3 is 2.57 bits per heavy atom. The van der Waals surface area contributed by atoms with E-state index in [4.69, 9.17) is 27.8 Å². The fraction of sp³-hybridized carbons (Fsp3) is 0.562. The van der Waals surface area contributed by atoms with E-state index in [-0.39, 0.29) is 18.8 Å². The Morgan fingerprint density at radius 1 is 1.33 bits per heavy atom. The van der Waals surface area contributed by atoms with Crippen LogP contribution in [0.3, 0.4) is 0 Å². The lowest BCUT2D eigenvalue weighted by Gasteiger charge is -2.37. The maximum absolute atomic E-state index is 8.82. The van der Waals surface area contributed by atoms with Gasteiger partial charge in [0.2, 0.25) is 0 Å². The summed E-state index contributed by atoms with van der Waals surface area (Å²) < 4.78 is 5.62. The van der Waals surface area contributed by atoms with E-state index in [0.717, 1.165) is 25.9 Å². The first-order valence-electron chi connectivity index (χ1n) is 7.50. The highest BCUT2D eigenvalue weighted by Gasteiger charge is 2.26. The molecule has 1 saturated heterocycles. The number of benzene rings is 1. The van der Waals surface area contributed by atoms with Crippen LogP contribution in [0.25, 0.3) is 0 Å². The molecule has 1 aliphatic heterocycles. The van der Waals surface area contributed by atoms with Crippen molar-refractivity contribution in [1.82, 2.24) is 4.90 Å². The molecule has 1 aromatic rings. The second kappa shape index (κ2) is 8.44. The summed E-state index contributed by atoms with van der Waals surface area (Å²) in [6.45, 7) is 2.46. The fourth-order valence-electron chi connectivity index (χ4n) is 2.90. The highest BCUT2D eigenvalue weighted by atomic mass is 32.1. The second-order valence-corrected chi connectivity index (χ2v) is 5.95. The van der Waals surface area contributed by atoms with Crippen molar-refractivity contribution in [1.29, 1.82) is 0 Å². The molecular formula is C16H24N2O2S. The van der Waals surface area contributed by atoms with E-state index in [0.29, 0.717) is 18.0 Å². The van der Waals surface area contributed by atoms with Gasteiger partial charge in [-0.15, -0.1) is 0 Å².